The Bertz CT molecular complexity index is 620. The van der Waals surface area contributed by atoms with Crippen molar-refractivity contribution in [1.82, 2.24) is 4.98 Å². The number of carboxylic acids is 1. The second kappa shape index (κ2) is 4.81. The molecule has 1 N–H and O–H groups in total. The summed E-state index contributed by atoms with van der Waals surface area (Å²) in [5.74, 6) is -2.21. The van der Waals surface area contributed by atoms with E-state index in [1.165, 1.54) is 0 Å². The first-order valence-corrected chi connectivity index (χ1v) is 5.74. The van der Waals surface area contributed by atoms with E-state index in [-0.39, 0.29) is 12.3 Å². The fraction of sp³-hybridized carbons (Fsp3) is 0.250. The number of carbonyl (C=O) groups excluding carboxylic acids is 1. The molecule has 1 atom stereocenters. The van der Waals surface area contributed by atoms with Crippen LogP contribution in [0.5, 0.6) is 0 Å². The number of carboxylic acid groups (broad SMARTS) is 1. The largest absolute Gasteiger partial charge is 0.481 e. The number of carbonyl (C=O) groups is 2. The van der Waals surface area contributed by atoms with E-state index in [4.69, 9.17) is 9.52 Å². The zero-order valence-electron chi connectivity index (χ0n) is 9.58. The molecule has 94 valence electrons. The van der Waals surface area contributed by atoms with Crippen LogP contribution in [0.2, 0.25) is 0 Å². The third-order valence-electron chi connectivity index (χ3n) is 2.61. The highest BCUT2D eigenvalue weighted by Gasteiger charge is 2.27. The van der Waals surface area contributed by atoms with Gasteiger partial charge in [-0.15, -0.1) is 12.6 Å². The molecule has 1 unspecified atom stereocenters. The van der Waals surface area contributed by atoms with E-state index < -0.39 is 17.0 Å². The number of thiol groups is 1. The third-order valence-corrected chi connectivity index (χ3v) is 2.79. The molecule has 0 saturated heterocycles. The lowest BCUT2D eigenvalue weighted by Gasteiger charge is -2.04. The molecule has 18 heavy (non-hydrogen) atoms. The van der Waals surface area contributed by atoms with Crippen LogP contribution < -0.4 is 0 Å². The van der Waals surface area contributed by atoms with Crippen LogP contribution in [0.25, 0.3) is 11.1 Å². The molecule has 0 bridgehead atoms. The quantitative estimate of drug-likeness (QED) is 0.828. The molecule has 0 aliphatic rings. The molecule has 2 rings (SSSR count). The summed E-state index contributed by atoms with van der Waals surface area (Å²) in [5, 5.41) is 8.57. The Labute approximate surface area is 108 Å². The second-order valence-corrected chi connectivity index (χ2v) is 4.46. The SMILES string of the molecule is Cc1cccc2oc(C(CC(=O)S)C(=O)O)nc12. The molecule has 0 fully saturated rings. The zero-order valence-corrected chi connectivity index (χ0v) is 10.5. The number of aryl methyl sites for hydroxylation is 1. The van der Waals surface area contributed by atoms with Gasteiger partial charge in [0.2, 0.25) is 5.89 Å². The van der Waals surface area contributed by atoms with Gasteiger partial charge in [-0.2, -0.15) is 0 Å². The van der Waals surface area contributed by atoms with Crippen molar-refractivity contribution in [3.63, 3.8) is 0 Å². The molecule has 2 aromatic rings. The number of benzene rings is 1. The Morgan fingerprint density at radius 1 is 1.50 bits per heavy atom. The minimum absolute atomic E-state index is 0.0363. The van der Waals surface area contributed by atoms with Gasteiger partial charge in [0.05, 0.1) is 0 Å². The number of oxazole rings is 1. The number of rotatable bonds is 4. The molecule has 1 aromatic carbocycles. The minimum atomic E-state index is -1.15. The summed E-state index contributed by atoms with van der Waals surface area (Å²) in [4.78, 5) is 26.2. The van der Waals surface area contributed by atoms with Crippen LogP contribution in [-0.2, 0) is 9.59 Å². The maximum atomic E-state index is 11.1. The Morgan fingerprint density at radius 3 is 2.78 bits per heavy atom. The molecule has 1 aromatic heterocycles. The average Bonchev–Trinajstić information content (AvgIpc) is 2.70. The highest BCUT2D eigenvalue weighted by Crippen LogP contribution is 2.26. The minimum Gasteiger partial charge on any atom is -0.481 e. The maximum absolute atomic E-state index is 11.1. The Balaban J connectivity index is 2.48. The van der Waals surface area contributed by atoms with Crippen molar-refractivity contribution in [1.29, 1.82) is 0 Å². The van der Waals surface area contributed by atoms with Gasteiger partial charge in [0.15, 0.2) is 10.7 Å². The van der Waals surface area contributed by atoms with Crippen molar-refractivity contribution < 1.29 is 19.1 Å². The molecular formula is C12H11NO4S. The first kappa shape index (κ1) is 12.6. The Morgan fingerprint density at radius 2 is 2.22 bits per heavy atom. The maximum Gasteiger partial charge on any atom is 0.316 e. The van der Waals surface area contributed by atoms with Crippen LogP contribution in [0.3, 0.4) is 0 Å². The van der Waals surface area contributed by atoms with Crippen molar-refractivity contribution >= 4 is 34.8 Å². The van der Waals surface area contributed by atoms with Gasteiger partial charge in [0, 0.05) is 6.42 Å². The normalized spacial score (nSPS) is 12.6. The average molecular weight is 265 g/mol. The number of aliphatic carboxylic acids is 1. The van der Waals surface area contributed by atoms with Crippen LogP contribution in [0.15, 0.2) is 22.6 Å². The topological polar surface area (TPSA) is 80.4 Å². The molecule has 1 heterocycles. The van der Waals surface area contributed by atoms with Gasteiger partial charge in [-0.05, 0) is 18.6 Å². The zero-order chi connectivity index (χ0) is 13.3. The van der Waals surface area contributed by atoms with Gasteiger partial charge in [0.25, 0.3) is 0 Å². The van der Waals surface area contributed by atoms with Crippen molar-refractivity contribution in [3.05, 3.63) is 29.7 Å². The molecule has 0 aliphatic carbocycles. The summed E-state index contributed by atoms with van der Waals surface area (Å²) in [6, 6.07) is 5.36. The van der Waals surface area contributed by atoms with E-state index in [9.17, 15) is 9.59 Å². The number of hydrogen-bond acceptors (Lipinski definition) is 4. The van der Waals surface area contributed by atoms with Gasteiger partial charge < -0.3 is 9.52 Å². The van der Waals surface area contributed by atoms with E-state index >= 15 is 0 Å². The van der Waals surface area contributed by atoms with Gasteiger partial charge >= 0.3 is 5.97 Å². The molecule has 0 aliphatic heterocycles. The van der Waals surface area contributed by atoms with Crippen LogP contribution >= 0.6 is 12.6 Å². The molecule has 0 spiro atoms. The van der Waals surface area contributed by atoms with Crippen molar-refractivity contribution in [2.45, 2.75) is 19.3 Å². The fourth-order valence-corrected chi connectivity index (χ4v) is 1.89. The summed E-state index contributed by atoms with van der Waals surface area (Å²) in [6.45, 7) is 1.86. The van der Waals surface area contributed by atoms with Crippen LogP contribution in [0, 0.1) is 6.92 Å². The Kier molecular flexibility index (Phi) is 3.38. The number of aromatic nitrogens is 1. The standard InChI is InChI=1S/C12H11NO4S/c1-6-3-2-4-8-10(6)13-11(17-8)7(12(15)16)5-9(14)18/h2-4,7H,5H2,1H3,(H,14,18)(H,15,16). The number of para-hydroxylation sites is 1. The summed E-state index contributed by atoms with van der Waals surface area (Å²) in [6.07, 6.45) is -0.246. The summed E-state index contributed by atoms with van der Waals surface area (Å²) >= 11 is 3.59. The molecule has 6 heteroatoms. The summed E-state index contributed by atoms with van der Waals surface area (Å²) in [5.41, 5.74) is 2.03. The summed E-state index contributed by atoms with van der Waals surface area (Å²) < 4.78 is 5.40. The number of hydrogen-bond donors (Lipinski definition) is 2. The van der Waals surface area contributed by atoms with E-state index in [1.807, 2.05) is 13.0 Å². The predicted octanol–water partition coefficient (Wildman–Crippen LogP) is 2.15. The lowest BCUT2D eigenvalue weighted by molar-refractivity contribution is -0.140. The summed E-state index contributed by atoms with van der Waals surface area (Å²) in [7, 11) is 0. The number of fused-ring (bicyclic) bond motifs is 1. The third kappa shape index (κ3) is 2.38. The first-order chi connectivity index (χ1) is 8.49. The van der Waals surface area contributed by atoms with E-state index in [2.05, 4.69) is 17.6 Å². The molecule has 0 radical (unpaired) electrons. The second-order valence-electron chi connectivity index (χ2n) is 3.96. The smallest absolute Gasteiger partial charge is 0.316 e. The van der Waals surface area contributed by atoms with E-state index in [0.29, 0.717) is 11.1 Å². The molecule has 0 amide bonds. The number of nitrogens with zero attached hydrogens (tertiary/aromatic N) is 1. The van der Waals surface area contributed by atoms with Gasteiger partial charge in [-0.1, -0.05) is 12.1 Å². The highest BCUT2D eigenvalue weighted by atomic mass is 32.1. The van der Waals surface area contributed by atoms with Crippen molar-refractivity contribution in [2.24, 2.45) is 0 Å². The monoisotopic (exact) mass is 265 g/mol. The molecule has 5 nitrogen and oxygen atoms in total. The van der Waals surface area contributed by atoms with Gasteiger partial charge in [-0.25, -0.2) is 4.98 Å². The lowest BCUT2D eigenvalue weighted by Crippen LogP contribution is -2.14. The fourth-order valence-electron chi connectivity index (χ4n) is 1.71. The van der Waals surface area contributed by atoms with Crippen molar-refractivity contribution in [3.8, 4) is 0 Å². The van der Waals surface area contributed by atoms with Gasteiger partial charge in [0.1, 0.15) is 11.4 Å². The van der Waals surface area contributed by atoms with Crippen LogP contribution in [0.1, 0.15) is 23.8 Å². The predicted molar refractivity (Wildman–Crippen MR) is 67.7 cm³/mol. The van der Waals surface area contributed by atoms with Crippen LogP contribution in [-0.4, -0.2) is 21.2 Å². The molecule has 0 saturated carbocycles. The highest BCUT2D eigenvalue weighted by molar-refractivity contribution is 7.96. The van der Waals surface area contributed by atoms with E-state index in [0.717, 1.165) is 5.56 Å². The Hall–Kier alpha value is -1.82. The lowest BCUT2D eigenvalue weighted by atomic mass is 10.1. The van der Waals surface area contributed by atoms with Gasteiger partial charge in [-0.3, -0.25) is 9.59 Å². The van der Waals surface area contributed by atoms with Crippen LogP contribution in [0.4, 0.5) is 0 Å². The van der Waals surface area contributed by atoms with E-state index in [1.54, 1.807) is 12.1 Å². The first-order valence-electron chi connectivity index (χ1n) is 5.29. The molecular weight excluding hydrogens is 254 g/mol. The van der Waals surface area contributed by atoms with Crippen molar-refractivity contribution in [2.75, 3.05) is 0 Å².